The Hall–Kier alpha value is -3.94. The zero-order chi connectivity index (χ0) is 24.2. The van der Waals surface area contributed by atoms with Crippen LogP contribution in [0.3, 0.4) is 0 Å². The minimum atomic E-state index is -0.238. The van der Waals surface area contributed by atoms with Crippen LogP contribution in [0, 0.1) is 5.92 Å². The van der Waals surface area contributed by atoms with Gasteiger partial charge in [0.1, 0.15) is 5.69 Å². The average molecular weight is 460 g/mol. The quantitative estimate of drug-likeness (QED) is 0.378. The number of pyridine rings is 1. The standard InChI is InChI=1S/C26H29N5O3/c1-5-17(4)25(32)29-19-9-6-8-18(12-19)14-27-26(33)20-13-22(23-10-7-11-34-23)30-24-21(20)15-28-31(24)16(2)3/h6-13,15-17H,5,14H2,1-4H3,(H,27,33)(H,29,32). The maximum Gasteiger partial charge on any atom is 0.252 e. The number of nitrogens with zero attached hydrogens (tertiary/aromatic N) is 3. The lowest BCUT2D eigenvalue weighted by atomic mass is 10.1. The van der Waals surface area contributed by atoms with Crippen LogP contribution in [-0.2, 0) is 11.3 Å². The molecule has 2 N–H and O–H groups in total. The highest BCUT2D eigenvalue weighted by Gasteiger charge is 2.19. The SMILES string of the molecule is CCC(C)C(=O)Nc1cccc(CNC(=O)c2cc(-c3ccco3)nc3c2cnn3C(C)C)c1. The highest BCUT2D eigenvalue weighted by molar-refractivity contribution is 6.06. The summed E-state index contributed by atoms with van der Waals surface area (Å²) in [6.45, 7) is 8.22. The van der Waals surface area contributed by atoms with Crippen LogP contribution in [0.5, 0.6) is 0 Å². The fourth-order valence-corrected chi connectivity index (χ4v) is 3.62. The monoisotopic (exact) mass is 459 g/mol. The number of rotatable bonds is 8. The topological polar surface area (TPSA) is 102 Å². The average Bonchev–Trinajstić information content (AvgIpc) is 3.51. The summed E-state index contributed by atoms with van der Waals surface area (Å²) >= 11 is 0. The van der Waals surface area contributed by atoms with Crippen molar-refractivity contribution in [3.8, 4) is 11.5 Å². The Morgan fingerprint density at radius 1 is 1.12 bits per heavy atom. The third kappa shape index (κ3) is 4.85. The maximum atomic E-state index is 13.2. The number of hydrogen-bond acceptors (Lipinski definition) is 5. The number of hydrogen-bond donors (Lipinski definition) is 2. The number of furan rings is 1. The summed E-state index contributed by atoms with van der Waals surface area (Å²) in [4.78, 5) is 30.2. The van der Waals surface area contributed by atoms with Crippen LogP contribution in [0.15, 0.2) is 59.3 Å². The Morgan fingerprint density at radius 2 is 1.94 bits per heavy atom. The molecule has 0 aliphatic rings. The van der Waals surface area contributed by atoms with Gasteiger partial charge < -0.3 is 15.1 Å². The third-order valence-corrected chi connectivity index (χ3v) is 5.78. The summed E-state index contributed by atoms with van der Waals surface area (Å²) in [5.74, 6) is 0.262. The van der Waals surface area contributed by atoms with E-state index >= 15 is 0 Å². The van der Waals surface area contributed by atoms with E-state index in [9.17, 15) is 9.59 Å². The Kier molecular flexibility index (Phi) is 6.77. The molecule has 8 nitrogen and oxygen atoms in total. The number of anilines is 1. The third-order valence-electron chi connectivity index (χ3n) is 5.78. The van der Waals surface area contributed by atoms with E-state index in [-0.39, 0.29) is 23.8 Å². The van der Waals surface area contributed by atoms with Crippen molar-refractivity contribution >= 4 is 28.5 Å². The fraction of sp³-hybridized carbons (Fsp3) is 0.308. The van der Waals surface area contributed by atoms with Gasteiger partial charge in [0, 0.05) is 24.2 Å². The molecule has 2 amide bonds. The van der Waals surface area contributed by atoms with Gasteiger partial charge in [0.25, 0.3) is 5.91 Å². The lowest BCUT2D eigenvalue weighted by molar-refractivity contribution is -0.119. The molecule has 1 atom stereocenters. The van der Waals surface area contributed by atoms with Crippen molar-refractivity contribution in [2.24, 2.45) is 5.92 Å². The zero-order valence-corrected chi connectivity index (χ0v) is 19.8. The van der Waals surface area contributed by atoms with E-state index in [1.54, 1.807) is 29.3 Å². The van der Waals surface area contributed by atoms with Gasteiger partial charge in [-0.25, -0.2) is 9.67 Å². The lowest BCUT2D eigenvalue weighted by Crippen LogP contribution is -2.23. The normalized spacial score (nSPS) is 12.1. The Morgan fingerprint density at radius 3 is 2.65 bits per heavy atom. The van der Waals surface area contributed by atoms with E-state index in [1.807, 2.05) is 58.0 Å². The van der Waals surface area contributed by atoms with Crippen molar-refractivity contribution in [3.05, 3.63) is 66.1 Å². The second-order valence-electron chi connectivity index (χ2n) is 8.63. The smallest absolute Gasteiger partial charge is 0.252 e. The van der Waals surface area contributed by atoms with Gasteiger partial charge in [0.05, 0.1) is 23.4 Å². The van der Waals surface area contributed by atoms with Crippen molar-refractivity contribution in [1.82, 2.24) is 20.1 Å². The summed E-state index contributed by atoms with van der Waals surface area (Å²) in [5, 5.41) is 11.0. The molecule has 0 saturated carbocycles. The van der Waals surface area contributed by atoms with Crippen LogP contribution in [0.2, 0.25) is 0 Å². The number of carbonyl (C=O) groups excluding carboxylic acids is 2. The molecule has 0 bridgehead atoms. The Balaban J connectivity index is 1.58. The highest BCUT2D eigenvalue weighted by Crippen LogP contribution is 2.26. The molecule has 1 unspecified atom stereocenters. The molecule has 0 radical (unpaired) electrons. The molecule has 0 fully saturated rings. The van der Waals surface area contributed by atoms with E-state index in [1.165, 1.54) is 0 Å². The first kappa shape index (κ1) is 23.2. The van der Waals surface area contributed by atoms with Gasteiger partial charge in [-0.3, -0.25) is 9.59 Å². The molecular formula is C26H29N5O3. The predicted octanol–water partition coefficient (Wildman–Crippen LogP) is 5.19. The minimum Gasteiger partial charge on any atom is -0.463 e. The van der Waals surface area contributed by atoms with Crippen molar-refractivity contribution in [3.63, 3.8) is 0 Å². The molecule has 34 heavy (non-hydrogen) atoms. The van der Waals surface area contributed by atoms with Gasteiger partial charge in [0.2, 0.25) is 5.91 Å². The van der Waals surface area contributed by atoms with E-state index < -0.39 is 0 Å². The maximum absolute atomic E-state index is 13.2. The van der Waals surface area contributed by atoms with Gasteiger partial charge in [-0.15, -0.1) is 0 Å². The molecule has 8 heteroatoms. The molecule has 3 aromatic heterocycles. The lowest BCUT2D eigenvalue weighted by Gasteiger charge is -2.12. The Bertz CT molecular complexity index is 1310. The van der Waals surface area contributed by atoms with Gasteiger partial charge in [-0.2, -0.15) is 5.10 Å². The summed E-state index contributed by atoms with van der Waals surface area (Å²) in [6.07, 6.45) is 4.03. The van der Waals surface area contributed by atoms with Crippen LogP contribution < -0.4 is 10.6 Å². The summed E-state index contributed by atoms with van der Waals surface area (Å²) in [7, 11) is 0. The summed E-state index contributed by atoms with van der Waals surface area (Å²) < 4.78 is 7.31. The molecule has 0 aliphatic heterocycles. The minimum absolute atomic E-state index is 0.0181. The van der Waals surface area contributed by atoms with E-state index in [0.29, 0.717) is 40.3 Å². The number of nitrogens with one attached hydrogen (secondary N) is 2. The van der Waals surface area contributed by atoms with Crippen molar-refractivity contribution in [1.29, 1.82) is 0 Å². The van der Waals surface area contributed by atoms with Gasteiger partial charge in [-0.05, 0) is 56.2 Å². The van der Waals surface area contributed by atoms with Crippen LogP contribution in [-0.4, -0.2) is 26.6 Å². The van der Waals surface area contributed by atoms with Crippen molar-refractivity contribution in [2.45, 2.75) is 46.7 Å². The fourth-order valence-electron chi connectivity index (χ4n) is 3.62. The first-order valence-electron chi connectivity index (χ1n) is 11.5. The van der Waals surface area contributed by atoms with Gasteiger partial charge in [0.15, 0.2) is 11.4 Å². The highest BCUT2D eigenvalue weighted by atomic mass is 16.3. The predicted molar refractivity (Wildman–Crippen MR) is 131 cm³/mol. The van der Waals surface area contributed by atoms with Gasteiger partial charge in [-0.1, -0.05) is 26.0 Å². The molecule has 3 heterocycles. The Labute approximate surface area is 198 Å². The number of benzene rings is 1. The van der Waals surface area contributed by atoms with Crippen molar-refractivity contribution < 1.29 is 14.0 Å². The van der Waals surface area contributed by atoms with Crippen LogP contribution in [0.4, 0.5) is 5.69 Å². The number of carbonyl (C=O) groups is 2. The molecule has 4 rings (SSSR count). The number of amides is 2. The van der Waals surface area contributed by atoms with Crippen LogP contribution in [0.1, 0.15) is 56.1 Å². The second-order valence-corrected chi connectivity index (χ2v) is 8.63. The van der Waals surface area contributed by atoms with Gasteiger partial charge >= 0.3 is 0 Å². The molecule has 0 aliphatic carbocycles. The summed E-state index contributed by atoms with van der Waals surface area (Å²) in [5.41, 5.74) is 3.26. The van der Waals surface area contributed by atoms with Crippen LogP contribution >= 0.6 is 0 Å². The largest absolute Gasteiger partial charge is 0.463 e. The number of aromatic nitrogens is 3. The number of fused-ring (bicyclic) bond motifs is 1. The molecule has 0 saturated heterocycles. The van der Waals surface area contributed by atoms with Crippen molar-refractivity contribution in [2.75, 3.05) is 5.32 Å². The zero-order valence-electron chi connectivity index (χ0n) is 19.8. The first-order chi connectivity index (χ1) is 16.4. The molecule has 176 valence electrons. The molecular weight excluding hydrogens is 430 g/mol. The second kappa shape index (κ2) is 9.91. The molecule has 1 aromatic carbocycles. The first-order valence-corrected chi connectivity index (χ1v) is 11.5. The molecule has 4 aromatic rings. The summed E-state index contributed by atoms with van der Waals surface area (Å²) in [6, 6.07) is 12.9. The molecule has 0 spiro atoms. The van der Waals surface area contributed by atoms with E-state index in [4.69, 9.17) is 9.40 Å². The van der Waals surface area contributed by atoms with E-state index in [0.717, 1.165) is 12.0 Å². The van der Waals surface area contributed by atoms with Crippen LogP contribution in [0.25, 0.3) is 22.5 Å². The van der Waals surface area contributed by atoms with E-state index in [2.05, 4.69) is 15.7 Å².